The second-order valence-electron chi connectivity index (χ2n) is 4.58. The van der Waals surface area contributed by atoms with Gasteiger partial charge in [0.05, 0.1) is 11.2 Å². The fraction of sp³-hybridized carbons (Fsp3) is 0.900. The molecule has 1 aliphatic heterocycles. The molecule has 0 spiro atoms. The van der Waals surface area contributed by atoms with Crippen LogP contribution in [-0.2, 0) is 14.8 Å². The number of nitrogens with one attached hydrogen (secondary N) is 2. The number of amides is 1. The van der Waals surface area contributed by atoms with Gasteiger partial charge in [-0.05, 0) is 19.4 Å². The zero-order chi connectivity index (χ0) is 12.9. The Morgan fingerprint density at radius 2 is 2.24 bits per heavy atom. The van der Waals surface area contributed by atoms with E-state index in [1.807, 2.05) is 6.92 Å². The van der Waals surface area contributed by atoms with E-state index in [1.54, 1.807) is 0 Å². The summed E-state index contributed by atoms with van der Waals surface area (Å²) < 4.78 is 21.5. The number of hydrogen-bond donors (Lipinski definition) is 3. The molecule has 1 rings (SSSR count). The molecule has 0 aliphatic carbocycles. The summed E-state index contributed by atoms with van der Waals surface area (Å²) >= 11 is 0. The summed E-state index contributed by atoms with van der Waals surface area (Å²) in [5.41, 5.74) is -0.368. The second-order valence-corrected chi connectivity index (χ2v) is 6.31. The SMILES string of the molecule is CCCC1(C(=O)NCCS(N)(=O)=O)CCNC1. The van der Waals surface area contributed by atoms with E-state index < -0.39 is 10.0 Å². The summed E-state index contributed by atoms with van der Waals surface area (Å²) in [6, 6.07) is 0. The minimum absolute atomic E-state index is 0.0620. The van der Waals surface area contributed by atoms with Crippen LogP contribution in [0.2, 0.25) is 0 Å². The maximum absolute atomic E-state index is 12.1. The summed E-state index contributed by atoms with van der Waals surface area (Å²) in [6.07, 6.45) is 2.56. The van der Waals surface area contributed by atoms with Gasteiger partial charge in [-0.15, -0.1) is 0 Å². The zero-order valence-electron chi connectivity index (χ0n) is 10.2. The molecule has 0 aromatic rings. The Bertz CT molecular complexity index is 361. The third-order valence-corrected chi connectivity index (χ3v) is 3.90. The van der Waals surface area contributed by atoms with Crippen molar-refractivity contribution in [3.05, 3.63) is 0 Å². The largest absolute Gasteiger partial charge is 0.355 e. The van der Waals surface area contributed by atoms with Crippen LogP contribution in [0.15, 0.2) is 0 Å². The van der Waals surface area contributed by atoms with Gasteiger partial charge in [0, 0.05) is 13.1 Å². The van der Waals surface area contributed by atoms with Gasteiger partial charge in [-0.1, -0.05) is 13.3 Å². The highest BCUT2D eigenvalue weighted by molar-refractivity contribution is 7.89. The van der Waals surface area contributed by atoms with Crippen molar-refractivity contribution in [1.82, 2.24) is 10.6 Å². The van der Waals surface area contributed by atoms with Crippen LogP contribution >= 0.6 is 0 Å². The van der Waals surface area contributed by atoms with E-state index in [1.165, 1.54) is 0 Å². The molecule has 1 amide bonds. The van der Waals surface area contributed by atoms with Gasteiger partial charge in [-0.3, -0.25) is 4.79 Å². The molecular weight excluding hydrogens is 242 g/mol. The number of rotatable bonds is 6. The first-order chi connectivity index (χ1) is 7.90. The van der Waals surface area contributed by atoms with Crippen LogP contribution in [0.4, 0.5) is 0 Å². The highest BCUT2D eigenvalue weighted by Gasteiger charge is 2.39. The van der Waals surface area contributed by atoms with Crippen molar-refractivity contribution in [2.45, 2.75) is 26.2 Å². The minimum Gasteiger partial charge on any atom is -0.355 e. The third kappa shape index (κ3) is 4.25. The fourth-order valence-corrected chi connectivity index (χ4v) is 2.62. The number of nitrogens with two attached hydrogens (primary N) is 1. The van der Waals surface area contributed by atoms with E-state index in [4.69, 9.17) is 5.14 Å². The van der Waals surface area contributed by atoms with Crippen molar-refractivity contribution in [3.63, 3.8) is 0 Å². The average Bonchev–Trinajstić information content (AvgIpc) is 2.66. The molecule has 7 heteroatoms. The van der Waals surface area contributed by atoms with Crippen molar-refractivity contribution in [3.8, 4) is 0 Å². The Balaban J connectivity index is 2.49. The molecule has 0 saturated carbocycles. The number of sulfonamides is 1. The van der Waals surface area contributed by atoms with Crippen LogP contribution < -0.4 is 15.8 Å². The normalized spacial score (nSPS) is 24.8. The van der Waals surface area contributed by atoms with Crippen molar-refractivity contribution < 1.29 is 13.2 Å². The molecule has 1 heterocycles. The Hall–Kier alpha value is -0.660. The molecule has 1 atom stereocenters. The van der Waals surface area contributed by atoms with E-state index in [9.17, 15) is 13.2 Å². The predicted octanol–water partition coefficient (Wildman–Crippen LogP) is -0.829. The minimum atomic E-state index is -3.51. The molecule has 0 aromatic carbocycles. The zero-order valence-corrected chi connectivity index (χ0v) is 11.0. The molecule has 1 saturated heterocycles. The summed E-state index contributed by atoms with van der Waals surface area (Å²) in [5.74, 6) is -0.276. The summed E-state index contributed by atoms with van der Waals surface area (Å²) in [4.78, 5) is 12.1. The van der Waals surface area contributed by atoms with Gasteiger partial charge in [-0.25, -0.2) is 13.6 Å². The highest BCUT2D eigenvalue weighted by atomic mass is 32.2. The van der Waals surface area contributed by atoms with Gasteiger partial charge >= 0.3 is 0 Å². The predicted molar refractivity (Wildman–Crippen MR) is 65.8 cm³/mol. The highest BCUT2D eigenvalue weighted by Crippen LogP contribution is 2.31. The lowest BCUT2D eigenvalue weighted by Crippen LogP contribution is -2.44. The van der Waals surface area contributed by atoms with Gasteiger partial charge in [0.25, 0.3) is 0 Å². The lowest BCUT2D eigenvalue weighted by Gasteiger charge is -2.26. The fourth-order valence-electron chi connectivity index (χ4n) is 2.24. The van der Waals surface area contributed by atoms with Gasteiger partial charge in [0.2, 0.25) is 15.9 Å². The van der Waals surface area contributed by atoms with Crippen molar-refractivity contribution in [1.29, 1.82) is 0 Å². The molecule has 100 valence electrons. The number of primary sulfonamides is 1. The number of carbonyl (C=O) groups excluding carboxylic acids is 1. The van der Waals surface area contributed by atoms with E-state index in [0.29, 0.717) is 6.54 Å². The van der Waals surface area contributed by atoms with E-state index in [-0.39, 0.29) is 23.6 Å². The quantitative estimate of drug-likeness (QED) is 0.582. The molecule has 4 N–H and O–H groups in total. The first-order valence-corrected chi connectivity index (χ1v) is 7.61. The van der Waals surface area contributed by atoms with E-state index in [0.717, 1.165) is 25.8 Å². The molecule has 17 heavy (non-hydrogen) atoms. The Kier molecular flexibility index (Phi) is 4.91. The van der Waals surface area contributed by atoms with Crippen molar-refractivity contribution in [2.24, 2.45) is 10.6 Å². The van der Waals surface area contributed by atoms with E-state index in [2.05, 4.69) is 10.6 Å². The first kappa shape index (κ1) is 14.4. The average molecular weight is 263 g/mol. The molecule has 0 aromatic heterocycles. The van der Waals surface area contributed by atoms with Gasteiger partial charge in [-0.2, -0.15) is 0 Å². The van der Waals surface area contributed by atoms with Crippen molar-refractivity contribution in [2.75, 3.05) is 25.4 Å². The standard InChI is InChI=1S/C10H21N3O3S/c1-2-3-10(4-5-12-8-10)9(14)13-6-7-17(11,15)16/h12H,2-8H2,1H3,(H,13,14)(H2,11,15,16). The summed E-state index contributed by atoms with van der Waals surface area (Å²) in [6.45, 7) is 3.63. The lowest BCUT2D eigenvalue weighted by atomic mass is 9.81. The lowest BCUT2D eigenvalue weighted by molar-refractivity contribution is -0.130. The molecule has 6 nitrogen and oxygen atoms in total. The molecule has 1 unspecified atom stereocenters. The smallest absolute Gasteiger partial charge is 0.227 e. The van der Waals surface area contributed by atoms with Crippen LogP contribution in [0.5, 0.6) is 0 Å². The third-order valence-electron chi connectivity index (χ3n) is 3.13. The second kappa shape index (κ2) is 5.79. The van der Waals surface area contributed by atoms with Gasteiger partial charge in [0.15, 0.2) is 0 Å². The van der Waals surface area contributed by atoms with Crippen LogP contribution in [0, 0.1) is 5.41 Å². The summed E-state index contributed by atoms with van der Waals surface area (Å²) in [5, 5.41) is 10.7. The van der Waals surface area contributed by atoms with Gasteiger partial charge in [0.1, 0.15) is 0 Å². The number of carbonyl (C=O) groups is 1. The monoisotopic (exact) mass is 263 g/mol. The van der Waals surface area contributed by atoms with Crippen molar-refractivity contribution >= 4 is 15.9 Å². The van der Waals surface area contributed by atoms with Crippen LogP contribution in [-0.4, -0.2) is 39.7 Å². The van der Waals surface area contributed by atoms with E-state index >= 15 is 0 Å². The van der Waals surface area contributed by atoms with Crippen LogP contribution in [0.25, 0.3) is 0 Å². The molecule has 1 aliphatic rings. The maximum atomic E-state index is 12.1. The topological polar surface area (TPSA) is 101 Å². The Labute approximate surface area is 102 Å². The maximum Gasteiger partial charge on any atom is 0.227 e. The first-order valence-electron chi connectivity index (χ1n) is 5.89. The van der Waals surface area contributed by atoms with Crippen LogP contribution in [0.1, 0.15) is 26.2 Å². The van der Waals surface area contributed by atoms with Gasteiger partial charge < -0.3 is 10.6 Å². The molecular formula is C10H21N3O3S. The summed E-state index contributed by atoms with van der Waals surface area (Å²) in [7, 11) is -3.51. The molecule has 1 fully saturated rings. The Morgan fingerprint density at radius 3 is 2.71 bits per heavy atom. The molecule has 0 bridgehead atoms. The number of hydrogen-bond acceptors (Lipinski definition) is 4. The van der Waals surface area contributed by atoms with Crippen LogP contribution in [0.3, 0.4) is 0 Å². The molecule has 0 radical (unpaired) electrons. The Morgan fingerprint density at radius 1 is 1.53 bits per heavy atom.